The van der Waals surface area contributed by atoms with E-state index in [0.29, 0.717) is 31.9 Å². The Morgan fingerprint density at radius 1 is 0.434 bits per heavy atom. The molecule has 129 heavy (non-hydrogen) atoms. The van der Waals surface area contributed by atoms with Gasteiger partial charge in [0.25, 0.3) is 0 Å². The Morgan fingerprint density at radius 2 is 0.767 bits per heavy atom. The number of benzene rings is 6. The zero-order valence-electron chi connectivity index (χ0n) is 76.1. The normalized spacial score (nSPS) is 19.6. The maximum absolute atomic E-state index is 13.9. The number of nitrogens with one attached hydrogen (secondary N) is 9. The van der Waals surface area contributed by atoms with Gasteiger partial charge >= 0.3 is 30.3 Å². The van der Waals surface area contributed by atoms with E-state index in [-0.39, 0.29) is 77.1 Å². The Labute approximate surface area is 751 Å². The lowest BCUT2D eigenvalue weighted by Gasteiger charge is -2.34. The second-order valence-corrected chi connectivity index (χ2v) is 37.2. The minimum atomic E-state index is -1.07. The molecule has 8 heterocycles. The van der Waals surface area contributed by atoms with Crippen molar-refractivity contribution in [1.82, 2.24) is 81.2 Å². The van der Waals surface area contributed by atoms with Gasteiger partial charge in [-0.3, -0.25) is 19.7 Å². The van der Waals surface area contributed by atoms with Crippen molar-refractivity contribution in [1.29, 1.82) is 0 Å². The molecule has 10 atom stereocenters. The standard InChI is InChI=1S/C48H55N9O6.C40H42N8O3.C8H15NO4.C2H6/c1-27(2)39(54-45(60)62-7)43(58)57-26-48(17-18-48)22-38(57)42-51-24-36(53-42)33-16-15-31-19-30(13-14-32(31)20-33)28-9-11-29(12-10-28)35-23-50-41(52-35)37-21-34(49-6)25-56(37)44(59)40(47(3,4)5)55-46(61)63-8;1-23(2)35(47-39(50)51-4)38(49)48-22-40(13-14-40)18-34(48)37-44-21-33(46-37)29-12-11-27-15-26(9-10-28(27)16-29)24-5-7-25(8-6-24)32-20-43-36(45-32)31-17-30(41-3)19-42-31;1-8(2,3)5(6(10)11)9-7(12)13-4;1-2/h9-16,19-20,23-24,27,34,37-40H,17-18,21-22,25-26H2,1-5,7-8H3,(H,50,52)(H,51,53)(H,54,60)(H,55,61);5-12,15-16,20-21,23,30-31,34-35,42H,13-14,17-19,22H2,1-2,4H3,(H,43,45)(H,44,46)(H,47,50);5H,1-4H3,(H,9,12)(H,10,11);1-2H3/t34-,37-,38-,39-,40+;30-,31-,34-,35-;5-;/m001./s1. The third kappa shape index (κ3) is 21.2. The van der Waals surface area contributed by atoms with Gasteiger partial charge in [-0.2, -0.15) is 0 Å². The SMILES string of the molecule is CC.COC(=O)N[C@H](C(=O)O)C(C)(C)C.[C-]#[N+][C@@H]1CN[C@H](c2ncc(-c3ccc(-c4ccc5cc(-c6cnc([C@@H]7CC8(CC8)CN7C(=O)[C@@H](NC(=O)OC)C(C)C)[nH]6)ccc5c4)cc3)[nH]2)C1.[C-]#[N+][C@H]1C[C@@H](c2ncc(-c3ccc(-c4ccc5cc(-c6cnc([C@@H]7CC8(CC8)CN7C(=O)[C@@H](NC(=O)OC)C(C)C)[nH]6)ccc5c4)cc3)[nH]2)N(C(=O)[C@@H](NC(=O)OC)C(C)(C)C)C1. The highest BCUT2D eigenvalue weighted by atomic mass is 16.6. The fraction of sp³-hybridized carbons (Fsp3) is 0.449. The number of rotatable bonds is 20. The Bertz CT molecular complexity index is 5840. The van der Waals surface area contributed by atoms with Crippen molar-refractivity contribution in [2.45, 2.75) is 195 Å². The molecule has 6 fully saturated rings. The number of carboxylic acids is 1. The van der Waals surface area contributed by atoms with Crippen LogP contribution in [-0.4, -0.2) is 199 Å². The van der Waals surface area contributed by atoms with Gasteiger partial charge in [0.1, 0.15) is 47.5 Å². The van der Waals surface area contributed by atoms with E-state index in [2.05, 4.69) is 180 Å². The van der Waals surface area contributed by atoms with E-state index in [9.17, 15) is 38.4 Å². The number of hydrogen-bond acceptors (Lipinski definition) is 17. The minimum absolute atomic E-state index is 0.0130. The van der Waals surface area contributed by atoms with Crippen LogP contribution in [-0.2, 0) is 38.1 Å². The third-order valence-electron chi connectivity index (χ3n) is 25.5. The molecule has 2 aliphatic carbocycles. The summed E-state index contributed by atoms with van der Waals surface area (Å²) in [5.41, 5.74) is 11.0. The highest BCUT2D eigenvalue weighted by molar-refractivity contribution is 5.94. The first-order chi connectivity index (χ1) is 61.6. The summed E-state index contributed by atoms with van der Waals surface area (Å²) < 4.78 is 18.7. The maximum Gasteiger partial charge on any atom is 0.407 e. The van der Waals surface area contributed by atoms with Crippen LogP contribution in [0.3, 0.4) is 0 Å². The summed E-state index contributed by atoms with van der Waals surface area (Å²) in [6, 6.07) is 38.1. The summed E-state index contributed by atoms with van der Waals surface area (Å²) in [5, 5.41) is 27.0. The zero-order chi connectivity index (χ0) is 92.7. The van der Waals surface area contributed by atoms with Gasteiger partial charge < -0.3 is 89.6 Å². The van der Waals surface area contributed by atoms with Gasteiger partial charge in [0.2, 0.25) is 29.8 Å². The second-order valence-electron chi connectivity index (χ2n) is 37.2. The predicted molar refractivity (Wildman–Crippen MR) is 491 cm³/mol. The molecule has 6 aliphatic rings. The number of carboxylic acid groups (broad SMARTS) is 1. The molecule has 0 unspecified atom stereocenters. The maximum atomic E-state index is 13.9. The summed E-state index contributed by atoms with van der Waals surface area (Å²) in [7, 11) is 5.07. The van der Waals surface area contributed by atoms with Gasteiger partial charge in [-0.15, -0.1) is 0 Å². The third-order valence-corrected chi connectivity index (χ3v) is 25.5. The van der Waals surface area contributed by atoms with Gasteiger partial charge in [0, 0.05) is 30.6 Å². The van der Waals surface area contributed by atoms with Gasteiger partial charge in [-0.25, -0.2) is 57.1 Å². The lowest BCUT2D eigenvalue weighted by atomic mass is 9.85. The van der Waals surface area contributed by atoms with Crippen molar-refractivity contribution >= 4 is 69.6 Å². The van der Waals surface area contributed by atoms with Crippen LogP contribution in [0.2, 0.25) is 0 Å². The molecule has 678 valence electrons. The van der Waals surface area contributed by atoms with Crippen LogP contribution in [0, 0.1) is 46.6 Å². The quantitative estimate of drug-likeness (QED) is 0.0250. The number of H-pyrrole nitrogens is 4. The first-order valence-corrected chi connectivity index (χ1v) is 44.1. The van der Waals surface area contributed by atoms with Crippen molar-refractivity contribution in [3.8, 4) is 67.3 Å². The number of imidazole rings is 4. The molecule has 2 saturated carbocycles. The number of fused-ring (bicyclic) bond motifs is 2. The molecule has 4 aromatic heterocycles. The van der Waals surface area contributed by atoms with Gasteiger partial charge in [-0.05, 0) is 151 Å². The number of aromatic nitrogens is 8. The average molecular weight is 1760 g/mol. The Kier molecular flexibility index (Phi) is 28.2. The number of aliphatic carboxylic acids is 1. The lowest BCUT2D eigenvalue weighted by molar-refractivity contribution is -0.142. The molecule has 2 spiro atoms. The van der Waals surface area contributed by atoms with E-state index in [0.717, 1.165) is 151 Å². The van der Waals surface area contributed by atoms with E-state index < -0.39 is 71.4 Å². The lowest BCUT2D eigenvalue weighted by Crippen LogP contribution is -2.54. The van der Waals surface area contributed by atoms with Crippen LogP contribution in [0.5, 0.6) is 0 Å². The van der Waals surface area contributed by atoms with Crippen LogP contribution in [0.4, 0.5) is 19.2 Å². The smallest absolute Gasteiger partial charge is 0.407 e. The largest absolute Gasteiger partial charge is 0.480 e. The van der Waals surface area contributed by atoms with Gasteiger partial charge in [0.05, 0.1) is 120 Å². The molecular formula is C98H118N18O13. The Morgan fingerprint density at radius 3 is 1.12 bits per heavy atom. The number of ether oxygens (including phenoxy) is 4. The number of aromatic amines is 4. The van der Waals surface area contributed by atoms with Crippen LogP contribution in [0.15, 0.2) is 146 Å². The number of amides is 7. The Balaban J connectivity index is 0.000000193. The molecule has 0 radical (unpaired) electrons. The molecule has 6 aromatic carbocycles. The summed E-state index contributed by atoms with van der Waals surface area (Å²) in [6.07, 6.45) is 11.9. The van der Waals surface area contributed by atoms with Gasteiger partial charge in [0.15, 0.2) is 0 Å². The first-order valence-electron chi connectivity index (χ1n) is 44.1. The molecule has 4 saturated heterocycles. The van der Waals surface area contributed by atoms with Crippen molar-refractivity contribution < 1.29 is 62.4 Å². The highest BCUT2D eigenvalue weighted by Crippen LogP contribution is 2.60. The topological polar surface area (TPSA) is 387 Å². The van der Waals surface area contributed by atoms with E-state index >= 15 is 0 Å². The molecule has 16 rings (SSSR count). The molecule has 0 bridgehead atoms. The van der Waals surface area contributed by atoms with Gasteiger partial charge in [-0.1, -0.05) is 180 Å². The molecule has 7 amide bonds. The number of likely N-dealkylation sites (tertiary alicyclic amines) is 3. The fourth-order valence-corrected chi connectivity index (χ4v) is 17.6. The summed E-state index contributed by atoms with van der Waals surface area (Å²) in [4.78, 5) is 145. The van der Waals surface area contributed by atoms with E-state index in [4.69, 9.17) is 42.4 Å². The molecule has 4 aliphatic heterocycles. The van der Waals surface area contributed by atoms with Crippen molar-refractivity contribution in [3.63, 3.8) is 0 Å². The minimum Gasteiger partial charge on any atom is -0.480 e. The fourth-order valence-electron chi connectivity index (χ4n) is 17.6. The monoisotopic (exact) mass is 1750 g/mol. The number of hydrogen-bond donors (Lipinski definition) is 10. The highest BCUT2D eigenvalue weighted by Gasteiger charge is 2.57. The molecule has 10 N–H and O–H groups in total. The Hall–Kier alpha value is -13.4. The van der Waals surface area contributed by atoms with Crippen molar-refractivity contribution in [2.75, 3.05) is 54.6 Å². The number of carbonyl (C=O) groups excluding carboxylic acids is 7. The van der Waals surface area contributed by atoms with Crippen LogP contribution in [0.25, 0.3) is 98.5 Å². The number of alkyl carbamates (subject to hydrolysis) is 4. The van der Waals surface area contributed by atoms with E-state index in [1.807, 2.05) is 103 Å². The van der Waals surface area contributed by atoms with Crippen LogP contribution >= 0.6 is 0 Å². The number of carbonyl (C=O) groups is 8. The molecule has 10 aromatic rings. The number of nitrogens with zero attached hydrogens (tertiary/aromatic N) is 9. The first kappa shape index (κ1) is 93.2. The van der Waals surface area contributed by atoms with Crippen LogP contribution in [0.1, 0.15) is 182 Å². The zero-order valence-corrected chi connectivity index (χ0v) is 76.1. The van der Waals surface area contributed by atoms with Crippen molar-refractivity contribution in [2.24, 2.45) is 33.5 Å². The van der Waals surface area contributed by atoms with Crippen molar-refractivity contribution in [3.05, 3.63) is 192 Å². The van der Waals surface area contributed by atoms with E-state index in [1.54, 1.807) is 31.9 Å². The molecular weight excluding hydrogens is 1640 g/mol. The molecule has 31 nitrogen and oxygen atoms in total. The summed E-state index contributed by atoms with van der Waals surface area (Å²) >= 11 is 0. The summed E-state index contributed by atoms with van der Waals surface area (Å²) in [6.45, 7) is 39.8. The second kappa shape index (κ2) is 39.0. The summed E-state index contributed by atoms with van der Waals surface area (Å²) in [5.74, 6) is 1.22. The number of methoxy groups -OCH3 is 4. The van der Waals surface area contributed by atoms with E-state index in [1.165, 1.54) is 28.4 Å². The van der Waals surface area contributed by atoms with Crippen LogP contribution < -0.4 is 26.6 Å². The average Bonchev–Trinajstić information content (AvgIpc) is 1.59. The predicted octanol–water partition coefficient (Wildman–Crippen LogP) is 17.0. The molecule has 31 heteroatoms.